The Labute approximate surface area is 120 Å². The zero-order valence-corrected chi connectivity index (χ0v) is 12.3. The van der Waals surface area contributed by atoms with Crippen LogP contribution in [0.4, 0.5) is 0 Å². The molecule has 0 bridgehead atoms. The largest absolute Gasteiger partial charge is 0.343 e. The van der Waals surface area contributed by atoms with Crippen molar-refractivity contribution in [1.29, 1.82) is 0 Å². The maximum absolute atomic E-state index is 11.5. The average molecular weight is 299 g/mol. The Morgan fingerprint density at radius 3 is 2.89 bits per heavy atom. The molecule has 0 unspecified atom stereocenters. The molecule has 1 aromatic heterocycles. The first kappa shape index (κ1) is 14.2. The predicted octanol–water partition coefficient (Wildman–Crippen LogP) is 2.42. The molecule has 2 rings (SSSR count). The van der Waals surface area contributed by atoms with Crippen molar-refractivity contribution in [2.75, 3.05) is 0 Å². The van der Waals surface area contributed by atoms with Crippen molar-refractivity contribution in [3.05, 3.63) is 39.3 Å². The number of halogens is 1. The monoisotopic (exact) mass is 298 g/mol. The molecule has 3 N–H and O–H groups in total. The van der Waals surface area contributed by atoms with Gasteiger partial charge < -0.3 is 5.73 Å². The number of rotatable bonds is 4. The predicted molar refractivity (Wildman–Crippen MR) is 76.7 cm³/mol. The normalized spacial score (nSPS) is 12.6. The third-order valence-electron chi connectivity index (χ3n) is 2.72. The molecule has 0 radical (unpaired) electrons. The highest BCUT2D eigenvalue weighted by Crippen LogP contribution is 2.33. The number of hydrogen-bond acceptors (Lipinski definition) is 4. The zero-order valence-electron chi connectivity index (χ0n) is 10.7. The molecule has 0 aliphatic heterocycles. The lowest BCUT2D eigenvalue weighted by Crippen LogP contribution is -2.16. The molecule has 5 nitrogen and oxygen atoms in total. The van der Waals surface area contributed by atoms with Gasteiger partial charge in [0.2, 0.25) is 0 Å². The second-order valence-corrected chi connectivity index (χ2v) is 5.55. The lowest BCUT2D eigenvalue weighted by Gasteiger charge is -2.09. The van der Waals surface area contributed by atoms with E-state index in [1.54, 1.807) is 4.57 Å². The molecule has 19 heavy (non-hydrogen) atoms. The molecule has 1 heterocycles. The molecule has 0 aliphatic carbocycles. The van der Waals surface area contributed by atoms with Gasteiger partial charge >= 0.3 is 5.69 Å². The van der Waals surface area contributed by atoms with E-state index in [-0.39, 0.29) is 11.7 Å². The van der Waals surface area contributed by atoms with E-state index in [4.69, 9.17) is 17.3 Å². The van der Waals surface area contributed by atoms with Gasteiger partial charge in [-0.25, -0.2) is 9.89 Å². The molecule has 0 saturated heterocycles. The minimum atomic E-state index is -0.215. The summed E-state index contributed by atoms with van der Waals surface area (Å²) >= 11 is 7.58. The number of hydrogen-bond donors (Lipinski definition) is 2. The van der Waals surface area contributed by atoms with E-state index in [0.29, 0.717) is 16.7 Å². The van der Waals surface area contributed by atoms with Crippen LogP contribution in [0, 0.1) is 0 Å². The lowest BCUT2D eigenvalue weighted by atomic mass is 10.1. The van der Waals surface area contributed by atoms with Gasteiger partial charge in [-0.1, -0.05) is 17.7 Å². The zero-order chi connectivity index (χ0) is 14.0. The minimum absolute atomic E-state index is 0.0595. The summed E-state index contributed by atoms with van der Waals surface area (Å²) in [4.78, 5) is 12.3. The number of nitrogens with zero attached hydrogens (tertiary/aromatic N) is 2. The number of H-pyrrole nitrogens is 1. The number of nitrogens with two attached hydrogens (primary N) is 1. The Bertz CT molecular complexity index is 635. The second-order valence-electron chi connectivity index (χ2n) is 4.14. The van der Waals surface area contributed by atoms with Crippen LogP contribution < -0.4 is 11.4 Å². The molecule has 0 aliphatic rings. The Kier molecular flexibility index (Phi) is 4.34. The van der Waals surface area contributed by atoms with Crippen molar-refractivity contribution < 1.29 is 0 Å². The fraction of sp³-hybridized carbons (Fsp3) is 0.333. The van der Waals surface area contributed by atoms with E-state index < -0.39 is 0 Å². The minimum Gasteiger partial charge on any atom is -0.324 e. The van der Waals surface area contributed by atoms with Crippen molar-refractivity contribution in [1.82, 2.24) is 14.8 Å². The van der Waals surface area contributed by atoms with Gasteiger partial charge in [0, 0.05) is 17.5 Å². The van der Waals surface area contributed by atoms with Gasteiger partial charge in [-0.2, -0.15) is 0 Å². The standard InChI is InChI=1S/C12H15ClN4OS/c1-3-17-11(18)15-16-12(17)19-10-5-4-8(7(2)14)6-9(10)13/h4-7H,3,14H2,1-2H3,(H,15,18)/t7-/m0/s1. The summed E-state index contributed by atoms with van der Waals surface area (Å²) in [5, 5.41) is 7.63. The van der Waals surface area contributed by atoms with Crippen molar-refractivity contribution in [2.24, 2.45) is 5.73 Å². The number of aromatic amines is 1. The first-order chi connectivity index (χ1) is 9.02. The summed E-state index contributed by atoms with van der Waals surface area (Å²) in [5.74, 6) is 0. The van der Waals surface area contributed by atoms with E-state index in [9.17, 15) is 4.79 Å². The van der Waals surface area contributed by atoms with Crippen molar-refractivity contribution >= 4 is 23.4 Å². The quantitative estimate of drug-likeness (QED) is 0.909. The van der Waals surface area contributed by atoms with Crippen LogP contribution in [0.5, 0.6) is 0 Å². The molecule has 1 aromatic carbocycles. The van der Waals surface area contributed by atoms with Crippen molar-refractivity contribution in [2.45, 2.75) is 36.5 Å². The van der Waals surface area contributed by atoms with Gasteiger partial charge in [0.15, 0.2) is 5.16 Å². The van der Waals surface area contributed by atoms with Crippen LogP contribution >= 0.6 is 23.4 Å². The molecular formula is C12H15ClN4OS. The topological polar surface area (TPSA) is 76.7 Å². The van der Waals surface area contributed by atoms with E-state index in [0.717, 1.165) is 10.5 Å². The highest BCUT2D eigenvalue weighted by atomic mass is 35.5. The third-order valence-corrected chi connectivity index (χ3v) is 4.22. The van der Waals surface area contributed by atoms with E-state index in [2.05, 4.69) is 10.2 Å². The van der Waals surface area contributed by atoms with Gasteiger partial charge in [0.25, 0.3) is 0 Å². The van der Waals surface area contributed by atoms with Crippen LogP contribution in [0.15, 0.2) is 33.0 Å². The number of benzene rings is 1. The molecule has 0 fully saturated rings. The highest BCUT2D eigenvalue weighted by molar-refractivity contribution is 7.99. The molecular weight excluding hydrogens is 284 g/mol. The van der Waals surface area contributed by atoms with Gasteiger partial charge in [0.05, 0.1) is 5.02 Å². The summed E-state index contributed by atoms with van der Waals surface area (Å²) in [7, 11) is 0. The molecule has 0 saturated carbocycles. The summed E-state index contributed by atoms with van der Waals surface area (Å²) in [6.07, 6.45) is 0. The lowest BCUT2D eigenvalue weighted by molar-refractivity contribution is 0.660. The van der Waals surface area contributed by atoms with Crippen LogP contribution in [0.2, 0.25) is 5.02 Å². The Hall–Kier alpha value is -1.24. The summed E-state index contributed by atoms with van der Waals surface area (Å²) in [6, 6.07) is 5.61. The maximum atomic E-state index is 11.5. The van der Waals surface area contributed by atoms with Gasteiger partial charge in [-0.3, -0.25) is 4.57 Å². The number of nitrogens with one attached hydrogen (secondary N) is 1. The Balaban J connectivity index is 2.31. The van der Waals surface area contributed by atoms with Gasteiger partial charge in [-0.05, 0) is 43.3 Å². The molecule has 1 atom stereocenters. The molecule has 0 amide bonds. The molecule has 102 valence electrons. The number of aromatic nitrogens is 3. The Morgan fingerprint density at radius 1 is 1.58 bits per heavy atom. The highest BCUT2D eigenvalue weighted by Gasteiger charge is 2.11. The van der Waals surface area contributed by atoms with Crippen LogP contribution in [0.1, 0.15) is 25.5 Å². The summed E-state index contributed by atoms with van der Waals surface area (Å²) < 4.78 is 1.56. The Morgan fingerprint density at radius 2 is 2.32 bits per heavy atom. The summed E-state index contributed by atoms with van der Waals surface area (Å²) in [6.45, 7) is 4.36. The van der Waals surface area contributed by atoms with Crippen LogP contribution in [-0.4, -0.2) is 14.8 Å². The van der Waals surface area contributed by atoms with E-state index in [1.165, 1.54) is 11.8 Å². The fourth-order valence-electron chi connectivity index (χ4n) is 1.64. The van der Waals surface area contributed by atoms with Crippen LogP contribution in [0.3, 0.4) is 0 Å². The summed E-state index contributed by atoms with van der Waals surface area (Å²) in [5.41, 5.74) is 6.57. The smallest absolute Gasteiger partial charge is 0.324 e. The maximum Gasteiger partial charge on any atom is 0.343 e. The first-order valence-electron chi connectivity index (χ1n) is 5.91. The first-order valence-corrected chi connectivity index (χ1v) is 7.10. The van der Waals surface area contributed by atoms with Gasteiger partial charge in [-0.15, -0.1) is 5.10 Å². The van der Waals surface area contributed by atoms with Crippen molar-refractivity contribution in [3.63, 3.8) is 0 Å². The SMILES string of the molecule is CCn1c(Sc2ccc([C@H](C)N)cc2Cl)n[nH]c1=O. The van der Waals surface area contributed by atoms with Crippen molar-refractivity contribution in [3.8, 4) is 0 Å². The van der Waals surface area contributed by atoms with Crippen LogP contribution in [-0.2, 0) is 6.54 Å². The molecule has 2 aromatic rings. The van der Waals surface area contributed by atoms with E-state index in [1.807, 2.05) is 32.0 Å². The second kappa shape index (κ2) is 5.81. The van der Waals surface area contributed by atoms with Crippen LogP contribution in [0.25, 0.3) is 0 Å². The fourth-order valence-corrected chi connectivity index (χ4v) is 2.85. The average Bonchev–Trinajstić information content (AvgIpc) is 2.72. The van der Waals surface area contributed by atoms with E-state index >= 15 is 0 Å². The molecule has 7 heteroatoms. The third kappa shape index (κ3) is 3.02. The molecule has 0 spiro atoms. The van der Waals surface area contributed by atoms with Gasteiger partial charge in [0.1, 0.15) is 0 Å².